The second-order valence-corrected chi connectivity index (χ2v) is 4.58. The first-order valence-electron chi connectivity index (χ1n) is 5.09. The summed E-state index contributed by atoms with van der Waals surface area (Å²) in [6.45, 7) is 1.89. The van der Waals surface area contributed by atoms with E-state index in [1.165, 1.54) is 11.3 Å². The number of carboxylic acid groups (broad SMARTS) is 1. The quantitative estimate of drug-likeness (QED) is 0.845. The molecule has 3 nitrogen and oxygen atoms in total. The number of rotatable bonds is 3. The molecule has 0 spiro atoms. The van der Waals surface area contributed by atoms with Gasteiger partial charge in [-0.3, -0.25) is 0 Å². The van der Waals surface area contributed by atoms with Crippen molar-refractivity contribution in [1.82, 2.24) is 4.98 Å². The van der Waals surface area contributed by atoms with Crippen LogP contribution in [0.25, 0.3) is 11.6 Å². The summed E-state index contributed by atoms with van der Waals surface area (Å²) in [4.78, 5) is 15.5. The standard InChI is InChI=1S/C13H11NO2S/c1-9-14-11(8-17-9)7-12(13(15)16)10-5-3-2-4-6-10/h2-8H,1H3,(H,15,16)/b12-7-. The molecular weight excluding hydrogens is 234 g/mol. The Kier molecular flexibility index (Phi) is 3.35. The van der Waals surface area contributed by atoms with Crippen LogP contribution in [-0.4, -0.2) is 16.1 Å². The van der Waals surface area contributed by atoms with E-state index in [0.29, 0.717) is 11.3 Å². The highest BCUT2D eigenvalue weighted by Gasteiger charge is 2.10. The lowest BCUT2D eigenvalue weighted by atomic mass is 10.1. The van der Waals surface area contributed by atoms with E-state index in [1.807, 2.05) is 30.5 Å². The van der Waals surface area contributed by atoms with E-state index in [0.717, 1.165) is 5.01 Å². The summed E-state index contributed by atoms with van der Waals surface area (Å²) in [7, 11) is 0. The first-order valence-corrected chi connectivity index (χ1v) is 5.97. The van der Waals surface area contributed by atoms with Crippen LogP contribution in [0.4, 0.5) is 0 Å². The molecule has 4 heteroatoms. The Morgan fingerprint density at radius 1 is 1.35 bits per heavy atom. The minimum atomic E-state index is -0.943. The second kappa shape index (κ2) is 4.93. The SMILES string of the molecule is Cc1nc(/C=C(\C(=O)O)c2ccccc2)cs1. The van der Waals surface area contributed by atoms with E-state index >= 15 is 0 Å². The van der Waals surface area contributed by atoms with Crippen LogP contribution < -0.4 is 0 Å². The van der Waals surface area contributed by atoms with Crippen LogP contribution in [0.5, 0.6) is 0 Å². The molecule has 0 radical (unpaired) electrons. The predicted molar refractivity (Wildman–Crippen MR) is 68.8 cm³/mol. The first kappa shape index (κ1) is 11.5. The highest BCUT2D eigenvalue weighted by Crippen LogP contribution is 2.19. The third-order valence-electron chi connectivity index (χ3n) is 2.24. The number of aryl methyl sites for hydroxylation is 1. The van der Waals surface area contributed by atoms with E-state index in [1.54, 1.807) is 18.2 Å². The minimum absolute atomic E-state index is 0.260. The van der Waals surface area contributed by atoms with Crippen LogP contribution in [0.1, 0.15) is 16.3 Å². The summed E-state index contributed by atoms with van der Waals surface area (Å²) >= 11 is 1.50. The average molecular weight is 245 g/mol. The third-order valence-corrected chi connectivity index (χ3v) is 3.04. The molecule has 1 aromatic heterocycles. The number of aromatic nitrogens is 1. The maximum Gasteiger partial charge on any atom is 0.336 e. The van der Waals surface area contributed by atoms with Gasteiger partial charge in [-0.25, -0.2) is 9.78 Å². The van der Waals surface area contributed by atoms with Crippen molar-refractivity contribution < 1.29 is 9.90 Å². The second-order valence-electron chi connectivity index (χ2n) is 3.52. The van der Waals surface area contributed by atoms with Gasteiger partial charge in [-0.2, -0.15) is 0 Å². The smallest absolute Gasteiger partial charge is 0.336 e. The highest BCUT2D eigenvalue weighted by atomic mass is 32.1. The monoisotopic (exact) mass is 245 g/mol. The third kappa shape index (κ3) is 2.79. The van der Waals surface area contributed by atoms with Crippen LogP contribution in [0, 0.1) is 6.92 Å². The van der Waals surface area contributed by atoms with Crippen molar-refractivity contribution in [2.75, 3.05) is 0 Å². The van der Waals surface area contributed by atoms with Gasteiger partial charge in [-0.1, -0.05) is 30.3 Å². The fraction of sp³-hybridized carbons (Fsp3) is 0.0769. The van der Waals surface area contributed by atoms with E-state index in [9.17, 15) is 9.90 Å². The molecule has 0 aliphatic carbocycles. The molecule has 0 amide bonds. The number of thiazole rings is 1. The van der Waals surface area contributed by atoms with Gasteiger partial charge < -0.3 is 5.11 Å². The van der Waals surface area contributed by atoms with E-state index in [2.05, 4.69) is 4.98 Å². The number of carbonyl (C=O) groups is 1. The largest absolute Gasteiger partial charge is 0.478 e. The van der Waals surface area contributed by atoms with Crippen molar-refractivity contribution in [3.05, 3.63) is 52.0 Å². The Morgan fingerprint density at radius 2 is 2.06 bits per heavy atom. The molecule has 0 aliphatic rings. The van der Waals surface area contributed by atoms with Crippen LogP contribution >= 0.6 is 11.3 Å². The number of carboxylic acids is 1. The van der Waals surface area contributed by atoms with Crippen LogP contribution in [0.15, 0.2) is 35.7 Å². The molecular formula is C13H11NO2S. The lowest BCUT2D eigenvalue weighted by molar-refractivity contribution is -0.130. The number of hydrogen-bond donors (Lipinski definition) is 1. The maximum atomic E-state index is 11.2. The molecule has 86 valence electrons. The van der Waals surface area contributed by atoms with Gasteiger partial charge in [-0.15, -0.1) is 11.3 Å². The Labute approximate surface area is 103 Å². The van der Waals surface area contributed by atoms with E-state index in [-0.39, 0.29) is 5.57 Å². The van der Waals surface area contributed by atoms with Gasteiger partial charge in [0.05, 0.1) is 16.3 Å². The summed E-state index contributed by atoms with van der Waals surface area (Å²) in [5, 5.41) is 12.0. The van der Waals surface area contributed by atoms with Crippen molar-refractivity contribution in [3.63, 3.8) is 0 Å². The van der Waals surface area contributed by atoms with Gasteiger partial charge in [0.2, 0.25) is 0 Å². The minimum Gasteiger partial charge on any atom is -0.478 e. The number of benzene rings is 1. The Morgan fingerprint density at radius 3 is 2.59 bits per heavy atom. The fourth-order valence-corrected chi connectivity index (χ4v) is 2.05. The van der Waals surface area contributed by atoms with Gasteiger partial charge in [0.25, 0.3) is 0 Å². The normalized spacial score (nSPS) is 11.5. The molecule has 0 unspecified atom stereocenters. The first-order chi connectivity index (χ1) is 8.16. The molecule has 0 bridgehead atoms. The molecule has 1 N–H and O–H groups in total. The zero-order valence-electron chi connectivity index (χ0n) is 9.25. The van der Waals surface area contributed by atoms with Gasteiger partial charge in [0.15, 0.2) is 0 Å². The number of hydrogen-bond acceptors (Lipinski definition) is 3. The van der Waals surface area contributed by atoms with Crippen molar-refractivity contribution in [2.45, 2.75) is 6.92 Å². The van der Waals surface area contributed by atoms with Crippen molar-refractivity contribution >= 4 is 29.0 Å². The predicted octanol–water partition coefficient (Wildman–Crippen LogP) is 3.08. The molecule has 0 aliphatic heterocycles. The van der Waals surface area contributed by atoms with Crippen molar-refractivity contribution in [1.29, 1.82) is 0 Å². The molecule has 0 fully saturated rings. The van der Waals surface area contributed by atoms with Crippen molar-refractivity contribution in [2.24, 2.45) is 0 Å². The molecule has 0 saturated heterocycles. The molecule has 0 saturated carbocycles. The van der Waals surface area contributed by atoms with Gasteiger partial charge in [-0.05, 0) is 18.6 Å². The molecule has 0 atom stereocenters. The fourth-order valence-electron chi connectivity index (χ4n) is 1.48. The molecule has 2 aromatic rings. The van der Waals surface area contributed by atoms with E-state index in [4.69, 9.17) is 0 Å². The zero-order valence-corrected chi connectivity index (χ0v) is 10.1. The molecule has 1 aromatic carbocycles. The summed E-state index contributed by atoms with van der Waals surface area (Å²) in [6, 6.07) is 9.05. The number of aliphatic carboxylic acids is 1. The molecule has 2 rings (SSSR count). The Hall–Kier alpha value is -1.94. The lowest BCUT2D eigenvalue weighted by Crippen LogP contribution is -1.99. The topological polar surface area (TPSA) is 50.2 Å². The number of nitrogens with zero attached hydrogens (tertiary/aromatic N) is 1. The Balaban J connectivity index is 2.43. The zero-order chi connectivity index (χ0) is 12.3. The van der Waals surface area contributed by atoms with E-state index < -0.39 is 5.97 Å². The maximum absolute atomic E-state index is 11.2. The average Bonchev–Trinajstić information content (AvgIpc) is 2.73. The van der Waals surface area contributed by atoms with Crippen molar-refractivity contribution in [3.8, 4) is 0 Å². The Bertz CT molecular complexity index is 558. The van der Waals surface area contributed by atoms with Gasteiger partial charge in [0, 0.05) is 5.38 Å². The van der Waals surface area contributed by atoms with Crippen LogP contribution in [0.3, 0.4) is 0 Å². The summed E-state index contributed by atoms with van der Waals surface area (Å²) in [5.41, 5.74) is 1.63. The van der Waals surface area contributed by atoms with Crippen LogP contribution in [0.2, 0.25) is 0 Å². The summed E-state index contributed by atoms with van der Waals surface area (Å²) < 4.78 is 0. The van der Waals surface area contributed by atoms with Gasteiger partial charge >= 0.3 is 5.97 Å². The molecule has 17 heavy (non-hydrogen) atoms. The highest BCUT2D eigenvalue weighted by molar-refractivity contribution is 7.09. The molecule has 1 heterocycles. The lowest BCUT2D eigenvalue weighted by Gasteiger charge is -2.01. The van der Waals surface area contributed by atoms with Gasteiger partial charge in [0.1, 0.15) is 0 Å². The van der Waals surface area contributed by atoms with Crippen LogP contribution in [-0.2, 0) is 4.79 Å². The summed E-state index contributed by atoms with van der Waals surface area (Å²) in [6.07, 6.45) is 1.60. The summed E-state index contributed by atoms with van der Waals surface area (Å²) in [5.74, 6) is -0.943.